The van der Waals surface area contributed by atoms with Crippen molar-refractivity contribution in [3.63, 3.8) is 0 Å². The molecule has 0 radical (unpaired) electrons. The summed E-state index contributed by atoms with van der Waals surface area (Å²) in [5.74, 6) is -4.16. The Bertz CT molecular complexity index is 986. The number of allylic oxidation sites excluding steroid dienone is 1. The lowest BCUT2D eigenvalue weighted by Crippen LogP contribution is -2.71. The molecule has 9 nitrogen and oxygen atoms in total. The minimum absolute atomic E-state index is 0.00792. The number of nitrogens with one attached hydrogen (secondary N) is 1. The van der Waals surface area contributed by atoms with Crippen molar-refractivity contribution in [2.24, 2.45) is 0 Å². The van der Waals surface area contributed by atoms with Crippen molar-refractivity contribution in [1.29, 1.82) is 0 Å². The number of hydrogen-bond acceptors (Lipinski definition) is 7. The summed E-state index contributed by atoms with van der Waals surface area (Å²) in [7, 11) is -6.09. The van der Waals surface area contributed by atoms with Gasteiger partial charge in [-0.1, -0.05) is 6.07 Å². The zero-order chi connectivity index (χ0) is 21.6. The summed E-state index contributed by atoms with van der Waals surface area (Å²) in [5, 5.41) is 13.5. The zero-order valence-electron chi connectivity index (χ0n) is 14.3. The molecule has 1 aromatic heterocycles. The number of rotatable bonds is 6. The summed E-state index contributed by atoms with van der Waals surface area (Å²) in [6.45, 7) is 0. The highest BCUT2D eigenvalue weighted by Gasteiger charge is 2.56. The molecule has 2 atom stereocenters. The Hall–Kier alpha value is -2.61. The Morgan fingerprint density at radius 1 is 1.38 bits per heavy atom. The first kappa shape index (κ1) is 21.1. The first-order chi connectivity index (χ1) is 13.4. The summed E-state index contributed by atoms with van der Waals surface area (Å²) >= 11 is 1.33. The second-order valence-electron chi connectivity index (χ2n) is 6.18. The van der Waals surface area contributed by atoms with E-state index in [1.165, 1.54) is 11.3 Å². The van der Waals surface area contributed by atoms with Gasteiger partial charge in [-0.15, -0.1) is 11.3 Å². The van der Waals surface area contributed by atoms with E-state index in [1.807, 2.05) is 0 Å². The van der Waals surface area contributed by atoms with Crippen molar-refractivity contribution < 1.29 is 45.3 Å². The fraction of sp³-hybridized carbons (Fsp3) is 0.400. The highest BCUT2D eigenvalue weighted by molar-refractivity contribution is 7.87. The monoisotopic (exact) mass is 454 g/mol. The van der Waals surface area contributed by atoms with Gasteiger partial charge in [0.25, 0.3) is 5.91 Å². The lowest BCUT2D eigenvalue weighted by Gasteiger charge is -2.49. The zero-order valence-corrected chi connectivity index (χ0v) is 15.9. The van der Waals surface area contributed by atoms with Crippen LogP contribution in [-0.2, 0) is 35.1 Å². The number of carboxylic acid groups (broad SMARTS) is 1. The van der Waals surface area contributed by atoms with Crippen LogP contribution in [0.3, 0.4) is 0 Å². The average Bonchev–Trinajstić information content (AvgIpc) is 3.10. The number of carbonyl (C=O) groups is 3. The highest BCUT2D eigenvalue weighted by atomic mass is 32.2. The molecule has 3 heterocycles. The average molecular weight is 454 g/mol. The summed E-state index contributed by atoms with van der Waals surface area (Å²) in [4.78, 5) is 37.3. The van der Waals surface area contributed by atoms with Crippen LogP contribution in [0.25, 0.3) is 0 Å². The van der Waals surface area contributed by atoms with Crippen LogP contribution >= 0.6 is 11.3 Å². The van der Waals surface area contributed by atoms with Crippen LogP contribution in [0.5, 0.6) is 0 Å². The summed E-state index contributed by atoms with van der Waals surface area (Å²) in [6, 6.07) is 1.57. The molecule has 0 saturated carbocycles. The number of carbonyl (C=O) groups excluding carboxylic acids is 2. The van der Waals surface area contributed by atoms with E-state index in [9.17, 15) is 41.1 Å². The molecule has 1 fully saturated rings. The molecule has 2 amide bonds. The molecule has 0 aromatic carbocycles. The Balaban J connectivity index is 1.78. The molecule has 0 bridgehead atoms. The molecular weight excluding hydrogens is 441 g/mol. The molecule has 0 aliphatic carbocycles. The Morgan fingerprint density at radius 2 is 2.07 bits per heavy atom. The van der Waals surface area contributed by atoms with E-state index in [4.69, 9.17) is 0 Å². The number of β-lactam (4-membered cyclic amide) rings is 1. The molecule has 14 heteroatoms. The highest BCUT2D eigenvalue weighted by Crippen LogP contribution is 2.39. The van der Waals surface area contributed by atoms with Crippen LogP contribution in [0.2, 0.25) is 0 Å². The van der Waals surface area contributed by atoms with Crippen LogP contribution < -0.4 is 5.32 Å². The van der Waals surface area contributed by atoms with Gasteiger partial charge in [-0.25, -0.2) is 4.79 Å². The fourth-order valence-corrected chi connectivity index (χ4v) is 4.31. The van der Waals surface area contributed by atoms with E-state index in [2.05, 4.69) is 9.50 Å². The third-order valence-corrected chi connectivity index (χ3v) is 6.18. The van der Waals surface area contributed by atoms with E-state index >= 15 is 0 Å². The fourth-order valence-electron chi connectivity index (χ4n) is 3.09. The van der Waals surface area contributed by atoms with Gasteiger partial charge in [-0.05, 0) is 17.9 Å². The van der Waals surface area contributed by atoms with Crippen molar-refractivity contribution >= 4 is 39.2 Å². The normalized spacial score (nSPS) is 22.0. The topological polar surface area (TPSA) is 130 Å². The molecule has 2 aliphatic rings. The number of aliphatic carboxylic acids is 1. The predicted octanol–water partition coefficient (Wildman–Crippen LogP) is 0.942. The van der Waals surface area contributed by atoms with Gasteiger partial charge in [0.1, 0.15) is 6.04 Å². The Kier molecular flexibility index (Phi) is 5.34. The first-order valence-electron chi connectivity index (χ1n) is 8.04. The minimum Gasteiger partial charge on any atom is -0.476 e. The van der Waals surface area contributed by atoms with Gasteiger partial charge in [0, 0.05) is 11.3 Å². The largest absolute Gasteiger partial charge is 0.534 e. The number of thiophene rings is 1. The second kappa shape index (κ2) is 7.33. The van der Waals surface area contributed by atoms with E-state index < -0.39 is 63.4 Å². The molecule has 29 heavy (non-hydrogen) atoms. The van der Waals surface area contributed by atoms with Gasteiger partial charge in [-0.3, -0.25) is 14.5 Å². The molecule has 158 valence electrons. The van der Waals surface area contributed by atoms with Gasteiger partial charge >= 0.3 is 21.6 Å². The van der Waals surface area contributed by atoms with Gasteiger partial charge in [0.05, 0.1) is 12.5 Å². The predicted molar refractivity (Wildman–Crippen MR) is 90.5 cm³/mol. The number of halogens is 3. The van der Waals surface area contributed by atoms with Crippen LogP contribution in [0.15, 0.2) is 29.0 Å². The third kappa shape index (κ3) is 3.94. The summed E-state index contributed by atoms with van der Waals surface area (Å²) in [5.41, 5.74) is -6.74. The van der Waals surface area contributed by atoms with E-state index in [0.717, 1.165) is 4.88 Å². The van der Waals surface area contributed by atoms with Crippen LogP contribution in [0.4, 0.5) is 13.2 Å². The number of alkyl halides is 3. The van der Waals surface area contributed by atoms with Crippen molar-refractivity contribution in [2.45, 2.75) is 36.9 Å². The molecule has 3 rings (SSSR count). The summed E-state index contributed by atoms with van der Waals surface area (Å²) in [6.07, 6.45) is -0.550. The number of hydrogen-bond donors (Lipinski definition) is 2. The lowest BCUT2D eigenvalue weighted by molar-refractivity contribution is -0.156. The molecular formula is C15H13F3N2O7S2. The SMILES string of the molecule is O=C(Cc1cccs1)N[C@@H]1C(=O)N2C(C(=O)O)=C(OS(=O)(=O)C(F)(F)F)CC[C@@H]12. The van der Waals surface area contributed by atoms with Crippen molar-refractivity contribution in [2.75, 3.05) is 0 Å². The number of fused-ring (bicyclic) bond motifs is 1. The van der Waals surface area contributed by atoms with Gasteiger partial charge in [0.2, 0.25) is 5.91 Å². The lowest BCUT2D eigenvalue weighted by atomic mass is 9.85. The van der Waals surface area contributed by atoms with Crippen LogP contribution in [-0.4, -0.2) is 53.8 Å². The van der Waals surface area contributed by atoms with Crippen molar-refractivity contribution in [3.05, 3.63) is 33.8 Å². The summed E-state index contributed by atoms with van der Waals surface area (Å²) < 4.78 is 64.0. The Morgan fingerprint density at radius 3 is 2.62 bits per heavy atom. The van der Waals surface area contributed by atoms with Crippen molar-refractivity contribution in [3.8, 4) is 0 Å². The molecule has 2 aliphatic heterocycles. The molecule has 1 saturated heterocycles. The van der Waals surface area contributed by atoms with Gasteiger partial charge in [-0.2, -0.15) is 21.6 Å². The van der Waals surface area contributed by atoms with Gasteiger partial charge in [0.15, 0.2) is 11.5 Å². The molecule has 0 spiro atoms. The number of carboxylic acids is 1. The van der Waals surface area contributed by atoms with E-state index in [1.54, 1.807) is 17.5 Å². The maximum absolute atomic E-state index is 12.5. The maximum atomic E-state index is 12.5. The minimum atomic E-state index is -6.09. The van der Waals surface area contributed by atoms with E-state index in [0.29, 0.717) is 4.90 Å². The van der Waals surface area contributed by atoms with Crippen LogP contribution in [0, 0.1) is 0 Å². The molecule has 0 unspecified atom stereocenters. The Labute approximate surface area is 165 Å². The molecule has 2 N–H and O–H groups in total. The van der Waals surface area contributed by atoms with E-state index in [-0.39, 0.29) is 12.8 Å². The smallest absolute Gasteiger partial charge is 0.476 e. The standard InChI is InChI=1S/C15H13F3N2O7S2/c16-15(17,18)29(25,26)27-9-4-3-8-11(13(22)20(8)12(9)14(23)24)19-10(21)6-7-2-1-5-28-7/h1-2,5,8,11H,3-4,6H2,(H,19,21)(H,23,24)/t8-,11-/m0/s1. The molecule has 1 aromatic rings. The van der Waals surface area contributed by atoms with Crippen molar-refractivity contribution in [1.82, 2.24) is 10.2 Å². The maximum Gasteiger partial charge on any atom is 0.534 e. The van der Waals surface area contributed by atoms with Crippen LogP contribution in [0.1, 0.15) is 17.7 Å². The quantitative estimate of drug-likeness (QED) is 0.372. The number of amides is 2. The van der Waals surface area contributed by atoms with Gasteiger partial charge < -0.3 is 14.6 Å². The number of nitrogens with zero attached hydrogens (tertiary/aromatic N) is 1. The third-order valence-electron chi connectivity index (χ3n) is 4.32. The first-order valence-corrected chi connectivity index (χ1v) is 10.3. The second-order valence-corrected chi connectivity index (χ2v) is 8.75.